The average molecular weight is 919 g/mol. The van der Waals surface area contributed by atoms with Crippen molar-refractivity contribution in [2.75, 3.05) is 0 Å². The standard InChI is InChI=1S/C70H48.C2H6/c1-3-45-25-36-56(41-46(45)4-2)68-61-21-11-9-19-59(61)67(60-20-10-12-22-62(60)68)52-34-30-50(31-35-52)49-26-28-51(29-27-49)55-39-40-65-66(44-55)70(58-38-33-48-16-6-8-18-54(48)43-58)64-24-14-13-23-63(64)69(65)57-37-32-47-15-5-7-17-53(47)42-57;1-2/h3-44H,1-2H3;1-2H3/b45-3-,46-4-;. The van der Waals surface area contributed by atoms with Crippen molar-refractivity contribution in [3.8, 4) is 66.8 Å². The fraction of sp³-hybridized carbons (Fsp3) is 0.0556. The largest absolute Gasteiger partial charge is 0.0798 e. The van der Waals surface area contributed by atoms with Crippen LogP contribution in [-0.2, 0) is 0 Å². The first-order valence-electron chi connectivity index (χ1n) is 25.5. The van der Waals surface area contributed by atoms with E-state index in [0.717, 1.165) is 0 Å². The van der Waals surface area contributed by atoms with E-state index in [2.05, 4.69) is 269 Å². The van der Waals surface area contributed by atoms with Crippen molar-refractivity contribution >= 4 is 76.8 Å². The van der Waals surface area contributed by atoms with Crippen LogP contribution in [0.4, 0.5) is 0 Å². The fourth-order valence-electron chi connectivity index (χ4n) is 11.3. The molecule has 0 bridgehead atoms. The summed E-state index contributed by atoms with van der Waals surface area (Å²) >= 11 is 0. The van der Waals surface area contributed by atoms with Crippen LogP contribution < -0.4 is 10.4 Å². The van der Waals surface area contributed by atoms with E-state index in [1.165, 1.54) is 142 Å². The molecule has 0 spiro atoms. The second-order valence-corrected chi connectivity index (χ2v) is 18.6. The minimum absolute atomic E-state index is 1.19. The molecule has 0 saturated heterocycles. The van der Waals surface area contributed by atoms with Gasteiger partial charge in [0.2, 0.25) is 0 Å². The summed E-state index contributed by atoms with van der Waals surface area (Å²) in [7, 11) is 0. The van der Waals surface area contributed by atoms with Crippen LogP contribution in [0.3, 0.4) is 0 Å². The molecule has 0 aromatic heterocycles. The molecule has 0 amide bonds. The molecule has 13 aromatic rings. The maximum atomic E-state index is 2.43. The first-order chi connectivity index (χ1) is 35.6. The summed E-state index contributed by atoms with van der Waals surface area (Å²) in [6.45, 7) is 8.24. The third-order valence-corrected chi connectivity index (χ3v) is 14.8. The topological polar surface area (TPSA) is 0 Å². The van der Waals surface area contributed by atoms with Gasteiger partial charge in [-0.15, -0.1) is 0 Å². The molecule has 0 aliphatic heterocycles. The van der Waals surface area contributed by atoms with E-state index in [1.807, 2.05) is 13.8 Å². The van der Waals surface area contributed by atoms with Gasteiger partial charge in [-0.25, -0.2) is 0 Å². The van der Waals surface area contributed by atoms with Gasteiger partial charge < -0.3 is 0 Å². The van der Waals surface area contributed by atoms with E-state index in [1.54, 1.807) is 0 Å². The predicted molar refractivity (Wildman–Crippen MR) is 315 cm³/mol. The number of fused-ring (bicyclic) bond motifs is 6. The van der Waals surface area contributed by atoms with E-state index in [-0.39, 0.29) is 0 Å². The average Bonchev–Trinajstić information content (AvgIpc) is 3.46. The summed E-state index contributed by atoms with van der Waals surface area (Å²) in [4.78, 5) is 0. The first-order valence-corrected chi connectivity index (χ1v) is 25.5. The molecule has 0 aliphatic rings. The minimum atomic E-state index is 1.19. The Morgan fingerprint density at radius 2 is 0.514 bits per heavy atom. The van der Waals surface area contributed by atoms with Crippen molar-refractivity contribution < 1.29 is 0 Å². The molecule has 0 heterocycles. The Balaban J connectivity index is 0.00000262. The summed E-state index contributed by atoms with van der Waals surface area (Å²) in [5.74, 6) is 0. The van der Waals surface area contributed by atoms with Gasteiger partial charge in [0.05, 0.1) is 0 Å². The molecular formula is C72H54. The molecule has 0 heteroatoms. The Hall–Kier alpha value is -8.84. The van der Waals surface area contributed by atoms with Gasteiger partial charge in [-0.2, -0.15) is 0 Å². The van der Waals surface area contributed by atoms with Crippen LogP contribution >= 0.6 is 0 Å². The highest BCUT2D eigenvalue weighted by molar-refractivity contribution is 6.23. The van der Waals surface area contributed by atoms with E-state index >= 15 is 0 Å². The smallest absolute Gasteiger partial charge is 0.00259 e. The van der Waals surface area contributed by atoms with Gasteiger partial charge in [-0.05, 0) is 180 Å². The van der Waals surface area contributed by atoms with Crippen LogP contribution in [0.5, 0.6) is 0 Å². The van der Waals surface area contributed by atoms with E-state index in [9.17, 15) is 0 Å². The summed E-state index contributed by atoms with van der Waals surface area (Å²) in [5.41, 5.74) is 14.8. The fourth-order valence-corrected chi connectivity index (χ4v) is 11.3. The summed E-state index contributed by atoms with van der Waals surface area (Å²) in [6.07, 6.45) is 4.40. The van der Waals surface area contributed by atoms with Gasteiger partial charge >= 0.3 is 0 Å². The molecule has 0 saturated carbocycles. The van der Waals surface area contributed by atoms with Crippen molar-refractivity contribution in [3.63, 3.8) is 0 Å². The Bertz CT molecular complexity index is 4290. The number of rotatable bonds is 6. The van der Waals surface area contributed by atoms with Crippen LogP contribution in [-0.4, -0.2) is 0 Å². The highest BCUT2D eigenvalue weighted by Crippen LogP contribution is 2.47. The lowest BCUT2D eigenvalue weighted by molar-refractivity contribution is 1.49. The van der Waals surface area contributed by atoms with Crippen molar-refractivity contribution in [1.29, 1.82) is 0 Å². The highest BCUT2D eigenvalue weighted by Gasteiger charge is 2.20. The van der Waals surface area contributed by atoms with Crippen LogP contribution in [0.25, 0.3) is 144 Å². The molecule has 0 atom stereocenters. The maximum absolute atomic E-state index is 2.43. The van der Waals surface area contributed by atoms with Gasteiger partial charge in [0.15, 0.2) is 0 Å². The lowest BCUT2D eigenvalue weighted by Crippen LogP contribution is -2.23. The maximum Gasteiger partial charge on any atom is -0.00259 e. The van der Waals surface area contributed by atoms with Gasteiger partial charge in [0.1, 0.15) is 0 Å². The Morgan fingerprint density at radius 3 is 0.958 bits per heavy atom. The Morgan fingerprint density at radius 1 is 0.208 bits per heavy atom. The molecule has 0 unspecified atom stereocenters. The summed E-state index contributed by atoms with van der Waals surface area (Å²) in [5, 5.41) is 17.6. The lowest BCUT2D eigenvalue weighted by atomic mass is 9.84. The summed E-state index contributed by atoms with van der Waals surface area (Å²) < 4.78 is 0. The molecule has 0 aliphatic carbocycles. The first kappa shape index (κ1) is 44.4. The second-order valence-electron chi connectivity index (χ2n) is 18.6. The Labute approximate surface area is 422 Å². The normalized spacial score (nSPS) is 12.1. The molecule has 13 aromatic carbocycles. The predicted octanol–water partition coefficient (Wildman–Crippen LogP) is 19.2. The lowest BCUT2D eigenvalue weighted by Gasteiger charge is -2.19. The molecule has 0 nitrogen and oxygen atoms in total. The number of benzene rings is 13. The zero-order chi connectivity index (χ0) is 48.7. The quantitative estimate of drug-likeness (QED) is 0.146. The van der Waals surface area contributed by atoms with Crippen molar-refractivity contribution in [1.82, 2.24) is 0 Å². The van der Waals surface area contributed by atoms with Crippen LogP contribution in [0.2, 0.25) is 0 Å². The van der Waals surface area contributed by atoms with Crippen molar-refractivity contribution in [2.24, 2.45) is 0 Å². The van der Waals surface area contributed by atoms with Gasteiger partial charge in [-0.1, -0.05) is 244 Å². The van der Waals surface area contributed by atoms with E-state index in [4.69, 9.17) is 0 Å². The molecule has 13 rings (SSSR count). The minimum Gasteiger partial charge on any atom is -0.0798 e. The Kier molecular flexibility index (Phi) is 11.6. The van der Waals surface area contributed by atoms with E-state index < -0.39 is 0 Å². The third-order valence-electron chi connectivity index (χ3n) is 14.8. The van der Waals surface area contributed by atoms with Crippen LogP contribution in [0.1, 0.15) is 27.7 Å². The number of hydrogen-bond donors (Lipinski definition) is 0. The molecule has 0 fully saturated rings. The third kappa shape index (κ3) is 7.64. The zero-order valence-electron chi connectivity index (χ0n) is 41.2. The highest BCUT2D eigenvalue weighted by atomic mass is 14.2. The molecule has 72 heavy (non-hydrogen) atoms. The second kappa shape index (κ2) is 18.8. The zero-order valence-corrected chi connectivity index (χ0v) is 41.2. The van der Waals surface area contributed by atoms with Gasteiger partial charge in [0.25, 0.3) is 0 Å². The molecular weight excluding hydrogens is 865 g/mol. The molecule has 0 radical (unpaired) electrons. The van der Waals surface area contributed by atoms with Crippen LogP contribution in [0.15, 0.2) is 243 Å². The monoisotopic (exact) mass is 918 g/mol. The van der Waals surface area contributed by atoms with E-state index in [0.29, 0.717) is 0 Å². The summed E-state index contributed by atoms with van der Waals surface area (Å²) in [6, 6.07) is 90.3. The van der Waals surface area contributed by atoms with Crippen molar-refractivity contribution in [2.45, 2.75) is 27.7 Å². The molecule has 342 valence electrons. The number of hydrogen-bond acceptors (Lipinski definition) is 0. The van der Waals surface area contributed by atoms with Crippen LogP contribution in [0, 0.1) is 0 Å². The van der Waals surface area contributed by atoms with Crippen molar-refractivity contribution in [3.05, 3.63) is 253 Å². The molecule has 0 N–H and O–H groups in total. The van der Waals surface area contributed by atoms with Gasteiger partial charge in [0, 0.05) is 0 Å². The van der Waals surface area contributed by atoms with Gasteiger partial charge in [-0.3, -0.25) is 0 Å². The SMILES string of the molecule is C/C=c1/ccc(-c2c3ccccc3c(-c3ccc(-c4ccc(-c5ccc6c(-c7ccc8ccccc8c7)c7ccccc7c(-c7ccc8ccccc8c7)c6c5)cc4)cc3)c3ccccc23)c/c1=C/C.CC.